The molecular weight excluding hydrogens is 274 g/mol. The smallest absolute Gasteiger partial charge is 0.0798 e. The summed E-state index contributed by atoms with van der Waals surface area (Å²) in [7, 11) is 2.17. The number of aromatic nitrogens is 1. The van der Waals surface area contributed by atoms with E-state index in [1.54, 1.807) is 22.7 Å². The summed E-state index contributed by atoms with van der Waals surface area (Å²) in [6.45, 7) is 6.26. The molecule has 0 aliphatic heterocycles. The van der Waals surface area contributed by atoms with Gasteiger partial charge in [0.2, 0.25) is 0 Å². The number of thiophene rings is 1. The predicted octanol–water partition coefficient (Wildman–Crippen LogP) is 2.78. The molecule has 104 valence electrons. The van der Waals surface area contributed by atoms with E-state index in [-0.39, 0.29) is 0 Å². The Morgan fingerprint density at radius 2 is 2.26 bits per heavy atom. The van der Waals surface area contributed by atoms with Crippen molar-refractivity contribution in [3.8, 4) is 0 Å². The van der Waals surface area contributed by atoms with Gasteiger partial charge in [-0.05, 0) is 49.3 Å². The molecule has 0 atom stereocenters. The van der Waals surface area contributed by atoms with Gasteiger partial charge in [-0.25, -0.2) is 4.98 Å². The summed E-state index contributed by atoms with van der Waals surface area (Å²) in [5.74, 6) is 0. The molecule has 2 aromatic heterocycles. The molecule has 19 heavy (non-hydrogen) atoms. The van der Waals surface area contributed by atoms with Gasteiger partial charge in [-0.2, -0.15) is 11.3 Å². The fourth-order valence-electron chi connectivity index (χ4n) is 1.86. The van der Waals surface area contributed by atoms with E-state index in [1.165, 1.54) is 16.1 Å². The Labute approximate surface area is 123 Å². The number of nitrogens with zero attached hydrogens (tertiary/aromatic N) is 2. The zero-order valence-electron chi connectivity index (χ0n) is 11.6. The monoisotopic (exact) mass is 295 g/mol. The second-order valence-electron chi connectivity index (χ2n) is 4.73. The first-order valence-electron chi connectivity index (χ1n) is 6.55. The maximum absolute atomic E-state index is 4.29. The largest absolute Gasteiger partial charge is 0.315 e. The van der Waals surface area contributed by atoms with Crippen LogP contribution in [0, 0.1) is 6.92 Å². The first-order chi connectivity index (χ1) is 9.25. The zero-order valence-corrected chi connectivity index (χ0v) is 13.2. The second-order valence-corrected chi connectivity index (χ2v) is 6.45. The molecule has 0 aliphatic carbocycles. The van der Waals surface area contributed by atoms with Crippen LogP contribution >= 0.6 is 22.7 Å². The Morgan fingerprint density at radius 3 is 2.95 bits per heavy atom. The fourth-order valence-corrected chi connectivity index (χ4v) is 3.42. The van der Waals surface area contributed by atoms with Crippen molar-refractivity contribution in [2.24, 2.45) is 0 Å². The molecule has 1 N–H and O–H groups in total. The number of hydrogen-bond donors (Lipinski definition) is 1. The van der Waals surface area contributed by atoms with Gasteiger partial charge < -0.3 is 5.32 Å². The lowest BCUT2D eigenvalue weighted by molar-refractivity contribution is 0.327. The zero-order chi connectivity index (χ0) is 13.5. The Kier molecular flexibility index (Phi) is 5.97. The molecule has 0 spiro atoms. The molecule has 0 saturated carbocycles. The minimum Gasteiger partial charge on any atom is -0.315 e. The molecule has 0 saturated heterocycles. The van der Waals surface area contributed by atoms with Crippen LogP contribution < -0.4 is 5.32 Å². The van der Waals surface area contributed by atoms with Crippen molar-refractivity contribution >= 4 is 22.7 Å². The summed E-state index contributed by atoms with van der Waals surface area (Å²) in [6, 6.07) is 2.20. The van der Waals surface area contributed by atoms with Crippen molar-refractivity contribution in [2.45, 2.75) is 19.9 Å². The molecule has 2 rings (SSSR count). The van der Waals surface area contributed by atoms with E-state index < -0.39 is 0 Å². The molecule has 0 bridgehead atoms. The number of hydrogen-bond acceptors (Lipinski definition) is 5. The lowest BCUT2D eigenvalue weighted by atomic mass is 10.2. The van der Waals surface area contributed by atoms with Crippen LogP contribution in [0.1, 0.15) is 16.1 Å². The van der Waals surface area contributed by atoms with Crippen LogP contribution in [0.4, 0.5) is 0 Å². The summed E-state index contributed by atoms with van der Waals surface area (Å²) < 4.78 is 0. The van der Waals surface area contributed by atoms with E-state index in [1.807, 2.05) is 5.51 Å². The molecule has 0 aliphatic rings. The topological polar surface area (TPSA) is 28.2 Å². The normalized spacial score (nSPS) is 11.3. The lowest BCUT2D eigenvalue weighted by Crippen LogP contribution is -2.30. The summed E-state index contributed by atoms with van der Waals surface area (Å²) in [4.78, 5) is 8.01. The van der Waals surface area contributed by atoms with Gasteiger partial charge in [-0.3, -0.25) is 4.90 Å². The maximum atomic E-state index is 4.29. The Bertz CT molecular complexity index is 465. The number of nitrogens with one attached hydrogen (secondary N) is 1. The molecule has 5 heteroatoms. The Balaban J connectivity index is 1.56. The Morgan fingerprint density at radius 1 is 1.37 bits per heavy atom. The first-order valence-corrected chi connectivity index (χ1v) is 8.37. The number of likely N-dealkylation sites (N-methyl/N-ethyl adjacent to an activating group) is 1. The van der Waals surface area contributed by atoms with E-state index >= 15 is 0 Å². The van der Waals surface area contributed by atoms with Crippen LogP contribution in [-0.4, -0.2) is 36.6 Å². The maximum Gasteiger partial charge on any atom is 0.0798 e. The molecule has 0 radical (unpaired) electrons. The van der Waals surface area contributed by atoms with Crippen LogP contribution in [-0.2, 0) is 13.0 Å². The summed E-state index contributed by atoms with van der Waals surface area (Å²) in [6.07, 6.45) is 1.13. The average molecular weight is 295 g/mol. The van der Waals surface area contributed by atoms with Crippen molar-refractivity contribution in [1.82, 2.24) is 15.2 Å². The number of rotatable bonds is 8. The molecular formula is C14H21N3S2. The van der Waals surface area contributed by atoms with Crippen molar-refractivity contribution in [3.63, 3.8) is 0 Å². The van der Waals surface area contributed by atoms with E-state index in [0.29, 0.717) is 0 Å². The van der Waals surface area contributed by atoms with Crippen LogP contribution in [0.2, 0.25) is 0 Å². The van der Waals surface area contributed by atoms with Gasteiger partial charge in [0, 0.05) is 24.5 Å². The summed E-state index contributed by atoms with van der Waals surface area (Å²) in [5.41, 5.74) is 4.53. The van der Waals surface area contributed by atoms with Gasteiger partial charge in [0.15, 0.2) is 0 Å². The van der Waals surface area contributed by atoms with E-state index in [9.17, 15) is 0 Å². The van der Waals surface area contributed by atoms with E-state index in [0.717, 1.165) is 32.6 Å². The van der Waals surface area contributed by atoms with Crippen LogP contribution in [0.5, 0.6) is 0 Å². The lowest BCUT2D eigenvalue weighted by Gasteiger charge is -2.16. The van der Waals surface area contributed by atoms with Gasteiger partial charge in [0.25, 0.3) is 0 Å². The number of aryl methyl sites for hydroxylation is 1. The minimum atomic E-state index is 1.00. The van der Waals surface area contributed by atoms with E-state index in [4.69, 9.17) is 0 Å². The second kappa shape index (κ2) is 7.75. The van der Waals surface area contributed by atoms with Gasteiger partial charge in [0.05, 0.1) is 11.2 Å². The molecule has 3 nitrogen and oxygen atoms in total. The van der Waals surface area contributed by atoms with Gasteiger partial charge >= 0.3 is 0 Å². The predicted molar refractivity (Wildman–Crippen MR) is 84.1 cm³/mol. The summed E-state index contributed by atoms with van der Waals surface area (Å²) in [5, 5.41) is 7.86. The third-order valence-corrected chi connectivity index (χ3v) is 4.75. The quantitative estimate of drug-likeness (QED) is 0.759. The van der Waals surface area contributed by atoms with Crippen molar-refractivity contribution < 1.29 is 0 Å². The van der Waals surface area contributed by atoms with Crippen LogP contribution in [0.3, 0.4) is 0 Å². The van der Waals surface area contributed by atoms with Crippen molar-refractivity contribution in [3.05, 3.63) is 38.5 Å². The van der Waals surface area contributed by atoms with Crippen molar-refractivity contribution in [2.75, 3.05) is 26.7 Å². The first kappa shape index (κ1) is 14.7. The standard InChI is InChI=1S/C14H21N3S2/c1-12-14(19-11-16-12)9-17(2)7-6-15-5-3-13-4-8-18-10-13/h4,8,10-11,15H,3,5-7,9H2,1-2H3. The van der Waals surface area contributed by atoms with Gasteiger partial charge in [-0.15, -0.1) is 11.3 Å². The van der Waals surface area contributed by atoms with Gasteiger partial charge in [-0.1, -0.05) is 0 Å². The molecule has 0 fully saturated rings. The van der Waals surface area contributed by atoms with E-state index in [2.05, 4.69) is 46.0 Å². The molecule has 0 aromatic carbocycles. The van der Waals surface area contributed by atoms with Gasteiger partial charge in [0.1, 0.15) is 0 Å². The molecule has 2 heterocycles. The molecule has 0 unspecified atom stereocenters. The van der Waals surface area contributed by atoms with Crippen molar-refractivity contribution in [1.29, 1.82) is 0 Å². The fraction of sp³-hybridized carbons (Fsp3) is 0.500. The molecule has 0 amide bonds. The third-order valence-electron chi connectivity index (χ3n) is 3.10. The van der Waals surface area contributed by atoms with Crippen LogP contribution in [0.25, 0.3) is 0 Å². The average Bonchev–Trinajstić information content (AvgIpc) is 3.02. The third kappa shape index (κ3) is 5.03. The summed E-state index contributed by atoms with van der Waals surface area (Å²) >= 11 is 3.52. The highest BCUT2D eigenvalue weighted by atomic mass is 32.1. The van der Waals surface area contributed by atoms with Crippen LogP contribution in [0.15, 0.2) is 22.3 Å². The minimum absolute atomic E-state index is 1.00. The number of thiazole rings is 1. The highest BCUT2D eigenvalue weighted by molar-refractivity contribution is 7.09. The SMILES string of the molecule is Cc1ncsc1CN(C)CCNCCc1ccsc1. The Hall–Kier alpha value is -0.750. The highest BCUT2D eigenvalue weighted by Gasteiger charge is 2.05. The molecule has 2 aromatic rings. The highest BCUT2D eigenvalue weighted by Crippen LogP contribution is 2.13.